The Labute approximate surface area is 139 Å². The standard InChI is InChI=1S/C22H25N/c1-16-8-11-20(12-9-16)22(14-6-5-7-19(22)4)23-21-13-10-17(2)18(3)15-21/h5-15,19,23H,1-4H3. The quantitative estimate of drug-likeness (QED) is 0.769. The van der Waals surface area contributed by atoms with E-state index in [1.165, 1.54) is 27.9 Å². The Morgan fingerprint density at radius 3 is 2.26 bits per heavy atom. The van der Waals surface area contributed by atoms with Crippen LogP contribution in [0.2, 0.25) is 0 Å². The summed E-state index contributed by atoms with van der Waals surface area (Å²) in [5.41, 5.74) is 6.20. The van der Waals surface area contributed by atoms with Gasteiger partial charge >= 0.3 is 0 Å². The van der Waals surface area contributed by atoms with E-state index in [0.29, 0.717) is 5.92 Å². The number of nitrogens with one attached hydrogen (secondary N) is 1. The maximum atomic E-state index is 3.81. The van der Waals surface area contributed by atoms with Crippen LogP contribution < -0.4 is 5.32 Å². The monoisotopic (exact) mass is 303 g/mol. The first-order valence-electron chi connectivity index (χ1n) is 8.30. The van der Waals surface area contributed by atoms with Crippen molar-refractivity contribution >= 4 is 5.69 Å². The first-order chi connectivity index (χ1) is 11.0. The van der Waals surface area contributed by atoms with Crippen LogP contribution in [0.3, 0.4) is 0 Å². The predicted octanol–water partition coefficient (Wildman–Crippen LogP) is 5.68. The van der Waals surface area contributed by atoms with E-state index in [4.69, 9.17) is 0 Å². The summed E-state index contributed by atoms with van der Waals surface area (Å²) in [6.45, 7) is 8.72. The molecule has 0 fully saturated rings. The fourth-order valence-corrected chi connectivity index (χ4v) is 3.22. The van der Waals surface area contributed by atoms with Gasteiger partial charge in [-0.2, -0.15) is 0 Å². The second-order valence-electron chi connectivity index (χ2n) is 6.69. The Morgan fingerprint density at radius 1 is 0.870 bits per heavy atom. The number of rotatable bonds is 3. The molecule has 2 unspecified atom stereocenters. The maximum Gasteiger partial charge on any atom is 0.0873 e. The highest BCUT2D eigenvalue weighted by molar-refractivity contribution is 5.55. The van der Waals surface area contributed by atoms with Gasteiger partial charge in [-0.1, -0.05) is 67.1 Å². The van der Waals surface area contributed by atoms with Gasteiger partial charge in [0.2, 0.25) is 0 Å². The van der Waals surface area contributed by atoms with Crippen LogP contribution in [0.1, 0.15) is 29.2 Å². The van der Waals surface area contributed by atoms with Crippen LogP contribution in [0.25, 0.3) is 0 Å². The van der Waals surface area contributed by atoms with Gasteiger partial charge in [-0.05, 0) is 49.6 Å². The fraction of sp³-hybridized carbons (Fsp3) is 0.273. The Hall–Kier alpha value is -2.28. The first-order valence-corrected chi connectivity index (χ1v) is 8.30. The number of anilines is 1. The Balaban J connectivity index is 2.05. The minimum atomic E-state index is -0.204. The zero-order valence-electron chi connectivity index (χ0n) is 14.4. The minimum Gasteiger partial charge on any atom is -0.372 e. The molecule has 0 aliphatic heterocycles. The summed E-state index contributed by atoms with van der Waals surface area (Å²) in [7, 11) is 0. The number of hydrogen-bond acceptors (Lipinski definition) is 1. The van der Waals surface area contributed by atoms with E-state index in [2.05, 4.69) is 99.8 Å². The van der Waals surface area contributed by atoms with E-state index in [0.717, 1.165) is 0 Å². The molecule has 3 rings (SSSR count). The highest BCUT2D eigenvalue weighted by atomic mass is 15.0. The van der Waals surface area contributed by atoms with Gasteiger partial charge in [0.1, 0.15) is 0 Å². The molecule has 1 aliphatic carbocycles. The molecular weight excluding hydrogens is 278 g/mol. The molecule has 0 aromatic heterocycles. The van der Waals surface area contributed by atoms with Gasteiger partial charge in [0.05, 0.1) is 5.54 Å². The lowest BCUT2D eigenvalue weighted by Crippen LogP contribution is -2.40. The molecule has 1 aliphatic rings. The summed E-state index contributed by atoms with van der Waals surface area (Å²) in [5, 5.41) is 3.81. The second-order valence-corrected chi connectivity index (χ2v) is 6.69. The van der Waals surface area contributed by atoms with E-state index in [9.17, 15) is 0 Å². The van der Waals surface area contributed by atoms with Gasteiger partial charge in [-0.15, -0.1) is 0 Å². The number of aryl methyl sites for hydroxylation is 3. The minimum absolute atomic E-state index is 0.204. The van der Waals surface area contributed by atoms with Crippen molar-refractivity contribution < 1.29 is 0 Å². The summed E-state index contributed by atoms with van der Waals surface area (Å²) in [6, 6.07) is 15.5. The Kier molecular flexibility index (Phi) is 4.12. The summed E-state index contributed by atoms with van der Waals surface area (Å²) in [5.74, 6) is 0.372. The zero-order chi connectivity index (χ0) is 16.4. The molecule has 23 heavy (non-hydrogen) atoms. The van der Waals surface area contributed by atoms with E-state index in [1.807, 2.05) is 0 Å². The Morgan fingerprint density at radius 2 is 1.61 bits per heavy atom. The average molecular weight is 303 g/mol. The van der Waals surface area contributed by atoms with E-state index in [-0.39, 0.29) is 5.54 Å². The number of allylic oxidation sites excluding steroid dienone is 2. The molecule has 0 spiro atoms. The van der Waals surface area contributed by atoms with Crippen molar-refractivity contribution in [3.63, 3.8) is 0 Å². The normalized spacial score (nSPS) is 23.0. The molecule has 2 aromatic rings. The van der Waals surface area contributed by atoms with E-state index >= 15 is 0 Å². The molecule has 0 heterocycles. The summed E-state index contributed by atoms with van der Waals surface area (Å²) >= 11 is 0. The van der Waals surface area contributed by atoms with Gasteiger partial charge in [0, 0.05) is 11.6 Å². The topological polar surface area (TPSA) is 12.0 Å². The van der Waals surface area contributed by atoms with Crippen molar-refractivity contribution in [3.05, 3.63) is 89.0 Å². The third-order valence-corrected chi connectivity index (χ3v) is 4.98. The van der Waals surface area contributed by atoms with Crippen molar-refractivity contribution in [2.75, 3.05) is 5.32 Å². The Bertz CT molecular complexity index is 752. The smallest absolute Gasteiger partial charge is 0.0873 e. The van der Waals surface area contributed by atoms with Crippen LogP contribution in [0, 0.1) is 26.7 Å². The van der Waals surface area contributed by atoms with Crippen LogP contribution in [-0.2, 0) is 5.54 Å². The van der Waals surface area contributed by atoms with Crippen LogP contribution in [0.4, 0.5) is 5.69 Å². The summed E-state index contributed by atoms with van der Waals surface area (Å²) < 4.78 is 0. The second kappa shape index (κ2) is 6.08. The van der Waals surface area contributed by atoms with Gasteiger partial charge in [-0.25, -0.2) is 0 Å². The van der Waals surface area contributed by atoms with Crippen molar-refractivity contribution in [2.24, 2.45) is 5.92 Å². The summed E-state index contributed by atoms with van der Waals surface area (Å²) in [6.07, 6.45) is 8.85. The zero-order valence-corrected chi connectivity index (χ0v) is 14.4. The molecule has 0 saturated carbocycles. The van der Waals surface area contributed by atoms with Crippen molar-refractivity contribution in [1.29, 1.82) is 0 Å². The molecule has 1 nitrogen and oxygen atoms in total. The SMILES string of the molecule is Cc1ccc(C2(Nc3ccc(C)c(C)c3)C=CC=CC2C)cc1. The first kappa shape index (κ1) is 15.6. The van der Waals surface area contributed by atoms with Gasteiger partial charge in [-0.3, -0.25) is 0 Å². The molecule has 2 atom stereocenters. The maximum absolute atomic E-state index is 3.81. The highest BCUT2D eigenvalue weighted by Gasteiger charge is 2.35. The molecule has 0 saturated heterocycles. The average Bonchev–Trinajstić information content (AvgIpc) is 2.54. The molecule has 0 radical (unpaired) electrons. The van der Waals surface area contributed by atoms with Crippen LogP contribution >= 0.6 is 0 Å². The van der Waals surface area contributed by atoms with Gasteiger partial charge < -0.3 is 5.32 Å². The molecule has 0 amide bonds. The van der Waals surface area contributed by atoms with Crippen molar-refractivity contribution in [1.82, 2.24) is 0 Å². The lowest BCUT2D eigenvalue weighted by Gasteiger charge is -2.39. The molecule has 0 bridgehead atoms. The largest absolute Gasteiger partial charge is 0.372 e. The molecule has 1 N–H and O–H groups in total. The van der Waals surface area contributed by atoms with Crippen LogP contribution in [0.5, 0.6) is 0 Å². The molecule has 2 aromatic carbocycles. The van der Waals surface area contributed by atoms with E-state index < -0.39 is 0 Å². The summed E-state index contributed by atoms with van der Waals surface area (Å²) in [4.78, 5) is 0. The molecular formula is C22H25N. The number of benzene rings is 2. The fourth-order valence-electron chi connectivity index (χ4n) is 3.22. The number of hydrogen-bond donors (Lipinski definition) is 1. The van der Waals surface area contributed by atoms with Crippen LogP contribution in [-0.4, -0.2) is 0 Å². The van der Waals surface area contributed by atoms with Gasteiger partial charge in [0.15, 0.2) is 0 Å². The van der Waals surface area contributed by atoms with Crippen molar-refractivity contribution in [2.45, 2.75) is 33.2 Å². The van der Waals surface area contributed by atoms with Crippen LogP contribution in [0.15, 0.2) is 66.8 Å². The molecule has 118 valence electrons. The third kappa shape index (κ3) is 2.96. The van der Waals surface area contributed by atoms with Gasteiger partial charge in [0.25, 0.3) is 0 Å². The lowest BCUT2D eigenvalue weighted by atomic mass is 9.76. The predicted molar refractivity (Wildman–Crippen MR) is 99.8 cm³/mol. The highest BCUT2D eigenvalue weighted by Crippen LogP contribution is 2.38. The van der Waals surface area contributed by atoms with Crippen molar-refractivity contribution in [3.8, 4) is 0 Å². The third-order valence-electron chi connectivity index (χ3n) is 4.98. The van der Waals surface area contributed by atoms with E-state index in [1.54, 1.807) is 0 Å². The lowest BCUT2D eigenvalue weighted by molar-refractivity contribution is 0.472. The molecule has 1 heteroatoms.